The van der Waals surface area contributed by atoms with Crippen molar-refractivity contribution in [2.75, 3.05) is 13.1 Å². The van der Waals surface area contributed by atoms with Crippen molar-refractivity contribution in [2.24, 2.45) is 11.1 Å². The molecule has 0 saturated carbocycles. The van der Waals surface area contributed by atoms with Gasteiger partial charge in [0.2, 0.25) is 10.0 Å². The number of piperidine rings is 1. The number of hydrogen-bond donors (Lipinski definition) is 1. The zero-order valence-corrected chi connectivity index (χ0v) is 14.4. The van der Waals surface area contributed by atoms with E-state index in [1.807, 2.05) is 6.92 Å². The van der Waals surface area contributed by atoms with Gasteiger partial charge in [0.15, 0.2) is 0 Å². The van der Waals surface area contributed by atoms with Gasteiger partial charge in [-0.2, -0.15) is 4.31 Å². The second-order valence-electron chi connectivity index (χ2n) is 5.29. The van der Waals surface area contributed by atoms with Crippen LogP contribution in [0, 0.1) is 5.41 Å². The lowest BCUT2D eigenvalue weighted by Crippen LogP contribution is -2.46. The first-order valence-electron chi connectivity index (χ1n) is 6.31. The van der Waals surface area contributed by atoms with E-state index < -0.39 is 10.0 Å². The average molecular weight is 377 g/mol. The highest BCUT2D eigenvalue weighted by atomic mass is 79.9. The van der Waals surface area contributed by atoms with Crippen LogP contribution in [0.2, 0.25) is 0 Å². The van der Waals surface area contributed by atoms with E-state index in [9.17, 15) is 8.42 Å². The molecule has 1 aromatic carbocycles. The number of sulfonamides is 1. The molecule has 20 heavy (non-hydrogen) atoms. The molecule has 0 unspecified atom stereocenters. The Morgan fingerprint density at radius 2 is 2.00 bits per heavy atom. The fourth-order valence-electron chi connectivity index (χ4n) is 2.24. The van der Waals surface area contributed by atoms with Crippen molar-refractivity contribution >= 4 is 43.2 Å². The molecule has 1 fully saturated rings. The first-order chi connectivity index (χ1) is 9.25. The molecule has 110 valence electrons. The van der Waals surface area contributed by atoms with E-state index in [4.69, 9.17) is 18.0 Å². The van der Waals surface area contributed by atoms with Crippen LogP contribution in [-0.4, -0.2) is 30.8 Å². The van der Waals surface area contributed by atoms with Gasteiger partial charge in [0.05, 0.1) is 9.88 Å². The molecule has 2 N–H and O–H groups in total. The molecule has 0 aliphatic carbocycles. The second kappa shape index (κ2) is 5.71. The standard InChI is InChI=1S/C13H17BrN2O2S2/c1-13(12(15)19)5-7-16(8-6-13)20(17,18)11-4-2-3-10(14)9-11/h2-4,9H,5-8H2,1H3,(H2,15,19). The Bertz CT molecular complexity index is 623. The van der Waals surface area contributed by atoms with Crippen LogP contribution in [0.25, 0.3) is 0 Å². The zero-order chi connectivity index (χ0) is 15.0. The van der Waals surface area contributed by atoms with E-state index >= 15 is 0 Å². The van der Waals surface area contributed by atoms with Gasteiger partial charge in [-0.1, -0.05) is 41.1 Å². The summed E-state index contributed by atoms with van der Waals surface area (Å²) in [7, 11) is -3.44. The smallest absolute Gasteiger partial charge is 0.243 e. The summed E-state index contributed by atoms with van der Waals surface area (Å²) in [5.74, 6) is 0. The highest BCUT2D eigenvalue weighted by Crippen LogP contribution is 2.33. The van der Waals surface area contributed by atoms with Gasteiger partial charge in [-0.05, 0) is 31.0 Å². The summed E-state index contributed by atoms with van der Waals surface area (Å²) in [4.78, 5) is 0.780. The Morgan fingerprint density at radius 1 is 1.40 bits per heavy atom. The van der Waals surface area contributed by atoms with Crippen LogP contribution in [0.5, 0.6) is 0 Å². The Balaban J connectivity index is 2.20. The van der Waals surface area contributed by atoms with E-state index in [-0.39, 0.29) is 5.41 Å². The lowest BCUT2D eigenvalue weighted by atomic mass is 9.81. The molecule has 1 saturated heterocycles. The predicted molar refractivity (Wildman–Crippen MR) is 87.0 cm³/mol. The molecule has 0 atom stereocenters. The lowest BCUT2D eigenvalue weighted by Gasteiger charge is -2.37. The lowest BCUT2D eigenvalue weighted by molar-refractivity contribution is 0.244. The Kier molecular flexibility index (Phi) is 4.53. The summed E-state index contributed by atoms with van der Waals surface area (Å²) in [5.41, 5.74) is 5.51. The van der Waals surface area contributed by atoms with Crippen LogP contribution in [0.3, 0.4) is 0 Å². The minimum absolute atomic E-state index is 0.237. The van der Waals surface area contributed by atoms with Crippen LogP contribution >= 0.6 is 28.1 Å². The zero-order valence-electron chi connectivity index (χ0n) is 11.2. The van der Waals surface area contributed by atoms with Crippen molar-refractivity contribution in [1.29, 1.82) is 0 Å². The van der Waals surface area contributed by atoms with Crippen molar-refractivity contribution in [3.63, 3.8) is 0 Å². The van der Waals surface area contributed by atoms with Crippen LogP contribution in [0.15, 0.2) is 33.6 Å². The van der Waals surface area contributed by atoms with E-state index in [1.54, 1.807) is 24.3 Å². The highest BCUT2D eigenvalue weighted by molar-refractivity contribution is 9.10. The maximum Gasteiger partial charge on any atom is 0.243 e. The minimum atomic E-state index is -3.44. The predicted octanol–water partition coefficient (Wildman–Crippen LogP) is 2.53. The van der Waals surface area contributed by atoms with Gasteiger partial charge in [0, 0.05) is 23.0 Å². The maximum absolute atomic E-state index is 12.6. The molecule has 4 nitrogen and oxygen atoms in total. The van der Waals surface area contributed by atoms with Crippen LogP contribution in [0.1, 0.15) is 19.8 Å². The summed E-state index contributed by atoms with van der Waals surface area (Å²) >= 11 is 8.37. The summed E-state index contributed by atoms with van der Waals surface area (Å²) in [5, 5.41) is 0. The monoisotopic (exact) mass is 376 g/mol. The summed E-state index contributed by atoms with van der Waals surface area (Å²) in [6.07, 6.45) is 1.32. The van der Waals surface area contributed by atoms with Gasteiger partial charge in [0.1, 0.15) is 0 Å². The van der Waals surface area contributed by atoms with E-state index in [0.29, 0.717) is 35.8 Å². The van der Waals surface area contributed by atoms with Crippen molar-refractivity contribution in [3.8, 4) is 0 Å². The van der Waals surface area contributed by atoms with Gasteiger partial charge >= 0.3 is 0 Å². The number of hydrogen-bond acceptors (Lipinski definition) is 3. The quantitative estimate of drug-likeness (QED) is 0.823. The molecule has 1 aromatic rings. The largest absolute Gasteiger partial charge is 0.393 e. The first-order valence-corrected chi connectivity index (χ1v) is 8.95. The number of nitrogens with two attached hydrogens (primary N) is 1. The molecule has 2 rings (SSSR count). The molecule has 0 radical (unpaired) electrons. The molecule has 0 bridgehead atoms. The summed E-state index contributed by atoms with van der Waals surface area (Å²) in [6.45, 7) is 2.89. The van der Waals surface area contributed by atoms with E-state index in [1.165, 1.54) is 4.31 Å². The number of nitrogens with zero attached hydrogens (tertiary/aromatic N) is 1. The van der Waals surface area contributed by atoms with Crippen molar-refractivity contribution in [2.45, 2.75) is 24.7 Å². The highest BCUT2D eigenvalue weighted by Gasteiger charge is 2.37. The summed E-state index contributed by atoms with van der Waals surface area (Å²) < 4.78 is 27.4. The van der Waals surface area contributed by atoms with Gasteiger partial charge in [-0.3, -0.25) is 0 Å². The Labute approximate surface area is 133 Å². The van der Waals surface area contributed by atoms with Gasteiger partial charge in [-0.15, -0.1) is 0 Å². The molecule has 0 amide bonds. The topological polar surface area (TPSA) is 63.4 Å². The van der Waals surface area contributed by atoms with Crippen molar-refractivity contribution in [1.82, 2.24) is 4.31 Å². The number of thiocarbonyl (C=S) groups is 1. The van der Waals surface area contributed by atoms with Gasteiger partial charge in [0.25, 0.3) is 0 Å². The molecular formula is C13H17BrN2O2S2. The number of rotatable bonds is 3. The van der Waals surface area contributed by atoms with Gasteiger partial charge in [-0.25, -0.2) is 8.42 Å². The fourth-order valence-corrected chi connectivity index (χ4v) is 4.49. The van der Waals surface area contributed by atoms with Crippen LogP contribution in [-0.2, 0) is 10.0 Å². The first kappa shape index (κ1) is 15.9. The number of benzene rings is 1. The van der Waals surface area contributed by atoms with Crippen molar-refractivity contribution < 1.29 is 8.42 Å². The molecule has 0 aromatic heterocycles. The average Bonchev–Trinajstić information content (AvgIpc) is 2.39. The van der Waals surface area contributed by atoms with Crippen LogP contribution in [0.4, 0.5) is 0 Å². The second-order valence-corrected chi connectivity index (χ2v) is 8.58. The Hall–Kier alpha value is -0.500. The third-order valence-corrected chi connectivity index (χ3v) is 6.74. The van der Waals surface area contributed by atoms with Crippen LogP contribution < -0.4 is 5.73 Å². The van der Waals surface area contributed by atoms with Crippen molar-refractivity contribution in [3.05, 3.63) is 28.7 Å². The molecular weight excluding hydrogens is 360 g/mol. The number of halogens is 1. The van der Waals surface area contributed by atoms with Gasteiger partial charge < -0.3 is 5.73 Å². The molecule has 1 aliphatic rings. The minimum Gasteiger partial charge on any atom is -0.393 e. The molecule has 7 heteroatoms. The normalized spacial score (nSPS) is 19.7. The SMILES string of the molecule is CC1(C(N)=S)CCN(S(=O)(=O)c2cccc(Br)c2)CC1. The summed E-state index contributed by atoms with van der Waals surface area (Å²) in [6, 6.07) is 6.76. The fraction of sp³-hybridized carbons (Fsp3) is 0.462. The molecule has 1 heterocycles. The Morgan fingerprint density at radius 3 is 2.50 bits per heavy atom. The third kappa shape index (κ3) is 3.05. The maximum atomic E-state index is 12.6. The molecule has 1 aliphatic heterocycles. The third-order valence-electron chi connectivity index (χ3n) is 3.85. The van der Waals surface area contributed by atoms with E-state index in [2.05, 4.69) is 15.9 Å². The molecule has 0 spiro atoms. The van der Waals surface area contributed by atoms with E-state index in [0.717, 1.165) is 4.47 Å².